The van der Waals surface area contributed by atoms with E-state index in [0.29, 0.717) is 42.6 Å². The van der Waals surface area contributed by atoms with Gasteiger partial charge in [0.15, 0.2) is 6.04 Å². The third-order valence-corrected chi connectivity index (χ3v) is 6.54. The Morgan fingerprint density at radius 1 is 1.30 bits per heavy atom. The summed E-state index contributed by atoms with van der Waals surface area (Å²) >= 11 is 0. The maximum Gasteiger partial charge on any atom is 0.331 e. The van der Waals surface area contributed by atoms with Gasteiger partial charge >= 0.3 is 5.97 Å². The molecule has 1 unspecified atom stereocenters. The molecule has 0 saturated heterocycles. The number of oxazole rings is 1. The average molecular weight is 509 g/mol. The fourth-order valence-corrected chi connectivity index (χ4v) is 4.57. The molecule has 1 aliphatic rings. The number of carboxylic acids is 1. The zero-order valence-corrected chi connectivity index (χ0v) is 22.7. The van der Waals surface area contributed by atoms with Crippen LogP contribution in [-0.4, -0.2) is 39.5 Å². The standard InChI is InChI=1S/C30H40N2O5/c1-6-7-8-9-13-28(33)32-21(4)18-23-14-15-24(19-25(23)29(32)30(34)35)36-17-16-26-22(5)37-27(31-26)12-10-11-20(2)3/h9-10,12-15,19-21,29H,6-8,11,16-18H2,1-5H3,(H,34,35)/t21-,29?/m0/s1. The first-order valence-corrected chi connectivity index (χ1v) is 13.3. The van der Waals surface area contributed by atoms with E-state index in [0.717, 1.165) is 42.7 Å². The lowest BCUT2D eigenvalue weighted by Gasteiger charge is -2.39. The molecule has 200 valence electrons. The number of carboxylic acid groups (broad SMARTS) is 1. The number of aromatic nitrogens is 1. The number of ether oxygens (including phenoxy) is 1. The van der Waals surface area contributed by atoms with Crippen molar-refractivity contribution in [2.75, 3.05) is 6.61 Å². The van der Waals surface area contributed by atoms with Crippen molar-refractivity contribution in [2.24, 2.45) is 5.92 Å². The Balaban J connectivity index is 1.70. The summed E-state index contributed by atoms with van der Waals surface area (Å²) in [7, 11) is 0. The van der Waals surface area contributed by atoms with Gasteiger partial charge in [0, 0.05) is 12.5 Å². The zero-order chi connectivity index (χ0) is 26.9. The fraction of sp³-hybridized carbons (Fsp3) is 0.500. The number of unbranched alkanes of at least 4 members (excludes halogenated alkanes) is 2. The number of rotatable bonds is 12. The molecule has 0 fully saturated rings. The first-order valence-electron chi connectivity index (χ1n) is 13.3. The van der Waals surface area contributed by atoms with Crippen LogP contribution in [0.5, 0.6) is 5.75 Å². The van der Waals surface area contributed by atoms with Crippen LogP contribution < -0.4 is 4.74 Å². The van der Waals surface area contributed by atoms with Crippen molar-refractivity contribution in [3.63, 3.8) is 0 Å². The highest BCUT2D eigenvalue weighted by molar-refractivity contribution is 5.92. The number of nitrogens with zero attached hydrogens (tertiary/aromatic N) is 2. The van der Waals surface area contributed by atoms with E-state index in [2.05, 4.69) is 31.8 Å². The first-order chi connectivity index (χ1) is 17.7. The molecule has 0 radical (unpaired) electrons. The summed E-state index contributed by atoms with van der Waals surface area (Å²) in [5.74, 6) is 1.19. The Labute approximate surface area is 220 Å². The molecule has 0 bridgehead atoms. The van der Waals surface area contributed by atoms with Crippen LogP contribution in [0, 0.1) is 12.8 Å². The van der Waals surface area contributed by atoms with Crippen LogP contribution in [0.4, 0.5) is 0 Å². The minimum absolute atomic E-state index is 0.220. The number of allylic oxidation sites excluding steroid dienone is 2. The maximum absolute atomic E-state index is 13.0. The summed E-state index contributed by atoms with van der Waals surface area (Å²) in [5, 5.41) is 10.1. The largest absolute Gasteiger partial charge is 0.493 e. The summed E-state index contributed by atoms with van der Waals surface area (Å²) < 4.78 is 11.7. The summed E-state index contributed by atoms with van der Waals surface area (Å²) in [6.07, 6.45) is 12.3. The van der Waals surface area contributed by atoms with Crippen LogP contribution in [0.2, 0.25) is 0 Å². The van der Waals surface area contributed by atoms with Crippen LogP contribution in [0.3, 0.4) is 0 Å². The molecule has 2 heterocycles. The normalized spacial score (nSPS) is 17.6. The highest BCUT2D eigenvalue weighted by atomic mass is 16.5. The van der Waals surface area contributed by atoms with Crippen molar-refractivity contribution in [2.45, 2.75) is 85.2 Å². The topological polar surface area (TPSA) is 92.9 Å². The molecular formula is C30H40N2O5. The molecule has 7 heteroatoms. The van der Waals surface area contributed by atoms with Gasteiger partial charge in [-0.15, -0.1) is 0 Å². The minimum Gasteiger partial charge on any atom is -0.493 e. The smallest absolute Gasteiger partial charge is 0.331 e. The van der Waals surface area contributed by atoms with E-state index in [9.17, 15) is 14.7 Å². The highest BCUT2D eigenvalue weighted by Crippen LogP contribution is 2.36. The number of carbonyl (C=O) groups is 2. The number of fused-ring (bicyclic) bond motifs is 1. The molecule has 1 aromatic heterocycles. The van der Waals surface area contributed by atoms with Gasteiger partial charge in [0.05, 0.1) is 12.3 Å². The van der Waals surface area contributed by atoms with Gasteiger partial charge in [0.25, 0.3) is 0 Å². The summed E-state index contributed by atoms with van der Waals surface area (Å²) in [4.78, 5) is 31.3. The van der Waals surface area contributed by atoms with Crippen molar-refractivity contribution in [1.29, 1.82) is 0 Å². The molecule has 0 spiro atoms. The predicted molar refractivity (Wildman–Crippen MR) is 144 cm³/mol. The van der Waals surface area contributed by atoms with E-state index < -0.39 is 12.0 Å². The van der Waals surface area contributed by atoms with E-state index >= 15 is 0 Å². The molecule has 2 atom stereocenters. The predicted octanol–water partition coefficient (Wildman–Crippen LogP) is 6.31. The van der Waals surface area contributed by atoms with E-state index in [4.69, 9.17) is 9.15 Å². The second-order valence-electron chi connectivity index (χ2n) is 10.1. The number of hydrogen-bond donors (Lipinski definition) is 1. The highest BCUT2D eigenvalue weighted by Gasteiger charge is 2.39. The minimum atomic E-state index is -1.05. The molecule has 1 amide bonds. The van der Waals surface area contributed by atoms with Gasteiger partial charge in [-0.05, 0) is 74.4 Å². The average Bonchev–Trinajstić information content (AvgIpc) is 3.19. The van der Waals surface area contributed by atoms with Gasteiger partial charge in [0.1, 0.15) is 11.5 Å². The van der Waals surface area contributed by atoms with E-state index in [1.807, 2.05) is 38.1 Å². The number of hydrogen-bond acceptors (Lipinski definition) is 5. The summed E-state index contributed by atoms with van der Waals surface area (Å²) in [6.45, 7) is 10.6. The van der Waals surface area contributed by atoms with Crippen molar-refractivity contribution in [1.82, 2.24) is 9.88 Å². The third kappa shape index (κ3) is 7.57. The van der Waals surface area contributed by atoms with Gasteiger partial charge in [-0.1, -0.05) is 51.8 Å². The number of amides is 1. The molecule has 1 aliphatic heterocycles. The fourth-order valence-electron chi connectivity index (χ4n) is 4.57. The molecule has 37 heavy (non-hydrogen) atoms. The van der Waals surface area contributed by atoms with Gasteiger partial charge < -0.3 is 19.2 Å². The van der Waals surface area contributed by atoms with Crippen LogP contribution in [-0.2, 0) is 22.4 Å². The lowest BCUT2D eigenvalue weighted by Crippen LogP contribution is -2.48. The third-order valence-electron chi connectivity index (χ3n) is 6.54. The van der Waals surface area contributed by atoms with Gasteiger partial charge in [-0.3, -0.25) is 4.79 Å². The Morgan fingerprint density at radius 3 is 2.78 bits per heavy atom. The van der Waals surface area contributed by atoms with Crippen LogP contribution in [0.1, 0.15) is 87.9 Å². The number of benzene rings is 1. The number of aryl methyl sites for hydroxylation is 1. The summed E-state index contributed by atoms with van der Waals surface area (Å²) in [5.41, 5.74) is 2.37. The number of aliphatic carboxylic acids is 1. The van der Waals surface area contributed by atoms with Crippen molar-refractivity contribution < 1.29 is 23.8 Å². The second-order valence-corrected chi connectivity index (χ2v) is 10.1. The Kier molecular flexibility index (Phi) is 10.1. The van der Waals surface area contributed by atoms with E-state index in [-0.39, 0.29) is 11.9 Å². The molecule has 2 aromatic rings. The number of carbonyl (C=O) groups excluding carboxylic acids is 1. The van der Waals surface area contributed by atoms with Crippen molar-refractivity contribution in [3.8, 4) is 5.75 Å². The second kappa shape index (κ2) is 13.3. The molecule has 7 nitrogen and oxygen atoms in total. The SMILES string of the molecule is CCCCC=CC(=O)N1C(C(=O)O)c2cc(OCCc3nc(C=CCC(C)C)oc3C)ccc2C[C@@H]1C. The van der Waals surface area contributed by atoms with Gasteiger partial charge in [-0.25, -0.2) is 9.78 Å². The molecule has 1 aromatic carbocycles. The van der Waals surface area contributed by atoms with E-state index in [1.165, 1.54) is 11.0 Å². The monoisotopic (exact) mass is 508 g/mol. The summed E-state index contributed by atoms with van der Waals surface area (Å²) in [6, 6.07) is 4.26. The first kappa shape index (κ1) is 28.2. The lowest BCUT2D eigenvalue weighted by atomic mass is 9.88. The molecule has 1 N–H and O–H groups in total. The molecule has 3 rings (SSSR count). The zero-order valence-electron chi connectivity index (χ0n) is 22.7. The molecule has 0 saturated carbocycles. The lowest BCUT2D eigenvalue weighted by molar-refractivity contribution is -0.151. The quantitative estimate of drug-likeness (QED) is 0.267. The molecular weight excluding hydrogens is 468 g/mol. The Morgan fingerprint density at radius 2 is 2.08 bits per heavy atom. The van der Waals surface area contributed by atoms with Crippen LogP contribution in [0.15, 0.2) is 40.8 Å². The van der Waals surface area contributed by atoms with E-state index in [1.54, 1.807) is 6.07 Å². The van der Waals surface area contributed by atoms with Crippen LogP contribution in [0.25, 0.3) is 6.08 Å². The Bertz CT molecular complexity index is 1130. The Hall–Kier alpha value is -3.35. The van der Waals surface area contributed by atoms with Crippen molar-refractivity contribution >= 4 is 18.0 Å². The maximum atomic E-state index is 13.0. The molecule has 0 aliphatic carbocycles. The van der Waals surface area contributed by atoms with Gasteiger partial charge in [-0.2, -0.15) is 0 Å². The van der Waals surface area contributed by atoms with Crippen molar-refractivity contribution in [3.05, 3.63) is 64.9 Å². The van der Waals surface area contributed by atoms with Crippen LogP contribution >= 0.6 is 0 Å². The van der Waals surface area contributed by atoms with Gasteiger partial charge in [0.2, 0.25) is 11.8 Å².